The molecule has 1 aromatic rings. The Hall–Kier alpha value is -1.67. The molecule has 1 N–H and O–H groups in total. The number of rotatable bonds is 4. The highest BCUT2D eigenvalue weighted by Gasteiger charge is 2.35. The number of aryl methyl sites for hydroxylation is 1. The fourth-order valence-corrected chi connectivity index (χ4v) is 2.02. The van der Waals surface area contributed by atoms with Crippen molar-refractivity contribution in [2.45, 2.75) is 12.0 Å². The van der Waals surface area contributed by atoms with Crippen LogP contribution in [0.1, 0.15) is 6.42 Å². The van der Waals surface area contributed by atoms with Crippen LogP contribution in [0.2, 0.25) is 0 Å². The summed E-state index contributed by atoms with van der Waals surface area (Å²) in [6.45, 7) is 1.51. The molecule has 0 aromatic carbocycles. The van der Waals surface area contributed by atoms with E-state index in [-0.39, 0.29) is 5.82 Å². The van der Waals surface area contributed by atoms with Gasteiger partial charge in [0.2, 0.25) is 5.82 Å². The first-order chi connectivity index (χ1) is 8.99. The number of ether oxygens (including phenoxy) is 2. The van der Waals surface area contributed by atoms with Gasteiger partial charge in [-0.3, -0.25) is 9.36 Å². The van der Waals surface area contributed by atoms with Gasteiger partial charge in [-0.2, -0.15) is 0 Å². The van der Waals surface area contributed by atoms with Gasteiger partial charge in [0.25, 0.3) is 5.56 Å². The molecule has 8 heteroatoms. The van der Waals surface area contributed by atoms with Crippen molar-refractivity contribution >= 4 is 5.82 Å². The highest BCUT2D eigenvalue weighted by Crippen LogP contribution is 2.22. The zero-order valence-electron chi connectivity index (χ0n) is 11.3. The van der Waals surface area contributed by atoms with Gasteiger partial charge in [0, 0.05) is 40.8 Å². The Morgan fingerprint density at radius 2 is 2.21 bits per heavy atom. The van der Waals surface area contributed by atoms with E-state index in [9.17, 15) is 9.59 Å². The van der Waals surface area contributed by atoms with Crippen molar-refractivity contribution in [3.05, 3.63) is 20.8 Å². The smallest absolute Gasteiger partial charge is 0.346 e. The van der Waals surface area contributed by atoms with Gasteiger partial charge in [0.05, 0.1) is 6.61 Å². The Morgan fingerprint density at radius 3 is 2.79 bits per heavy atom. The Morgan fingerprint density at radius 1 is 1.47 bits per heavy atom. The summed E-state index contributed by atoms with van der Waals surface area (Å²) in [5, 5.41) is 6.87. The molecule has 1 aliphatic heterocycles. The molecule has 0 bridgehead atoms. The minimum atomic E-state index is -0.457. The third-order valence-electron chi connectivity index (χ3n) is 3.40. The molecule has 1 saturated heterocycles. The second-order valence-corrected chi connectivity index (χ2v) is 4.66. The largest absolute Gasteiger partial charge is 0.378 e. The van der Waals surface area contributed by atoms with Gasteiger partial charge in [0.15, 0.2) is 0 Å². The first-order valence-corrected chi connectivity index (χ1v) is 6.00. The molecule has 2 rings (SSSR count). The first kappa shape index (κ1) is 13.8. The van der Waals surface area contributed by atoms with E-state index in [2.05, 4.69) is 10.4 Å². The first-order valence-electron chi connectivity index (χ1n) is 6.00. The van der Waals surface area contributed by atoms with Crippen molar-refractivity contribution in [1.29, 1.82) is 0 Å². The van der Waals surface area contributed by atoms with Gasteiger partial charge in [-0.15, -0.1) is 5.10 Å². The van der Waals surface area contributed by atoms with Crippen LogP contribution in [0.5, 0.6) is 0 Å². The summed E-state index contributed by atoms with van der Waals surface area (Å²) < 4.78 is 12.9. The predicted octanol–water partition coefficient (Wildman–Crippen LogP) is -1.30. The van der Waals surface area contributed by atoms with Crippen molar-refractivity contribution in [3.63, 3.8) is 0 Å². The van der Waals surface area contributed by atoms with Gasteiger partial charge in [-0.25, -0.2) is 9.48 Å². The van der Waals surface area contributed by atoms with Crippen LogP contribution in [0.3, 0.4) is 0 Å². The Bertz CT molecular complexity index is 571. The third-order valence-corrected chi connectivity index (χ3v) is 3.40. The number of hydrogen-bond donors (Lipinski definition) is 1. The molecule has 106 valence electrons. The molecule has 1 unspecified atom stereocenters. The van der Waals surface area contributed by atoms with E-state index in [1.165, 1.54) is 14.1 Å². The van der Waals surface area contributed by atoms with Crippen molar-refractivity contribution in [2.75, 3.05) is 32.2 Å². The lowest BCUT2D eigenvalue weighted by atomic mass is 10.0. The summed E-state index contributed by atoms with van der Waals surface area (Å²) in [5.41, 5.74) is -1.35. The molecule has 19 heavy (non-hydrogen) atoms. The quantitative estimate of drug-likeness (QED) is 0.731. The summed E-state index contributed by atoms with van der Waals surface area (Å²) >= 11 is 0. The lowest BCUT2D eigenvalue weighted by Crippen LogP contribution is -2.44. The van der Waals surface area contributed by atoms with Crippen LogP contribution in [0.15, 0.2) is 9.59 Å². The number of nitrogens with one attached hydrogen (secondary N) is 1. The molecule has 1 aromatic heterocycles. The zero-order chi connectivity index (χ0) is 14.0. The molecule has 0 radical (unpaired) electrons. The lowest BCUT2D eigenvalue weighted by molar-refractivity contribution is -0.00630. The van der Waals surface area contributed by atoms with E-state index in [4.69, 9.17) is 9.47 Å². The van der Waals surface area contributed by atoms with Crippen molar-refractivity contribution in [2.24, 2.45) is 14.1 Å². The minimum absolute atomic E-state index is 0.132. The summed E-state index contributed by atoms with van der Waals surface area (Å²) in [6, 6.07) is 0. The Kier molecular flexibility index (Phi) is 3.72. The van der Waals surface area contributed by atoms with Crippen molar-refractivity contribution in [1.82, 2.24) is 14.3 Å². The predicted molar refractivity (Wildman–Crippen MR) is 68.4 cm³/mol. The van der Waals surface area contributed by atoms with Crippen LogP contribution in [-0.4, -0.2) is 46.8 Å². The standard InChI is InChI=1S/C11H18N4O4/c1-14-9(16)8(13-15(2)10(14)17)12-6-11(18-3)4-5-19-7-11/h4-7H2,1-3H3,(H,12,13). The number of anilines is 1. The van der Waals surface area contributed by atoms with Crippen molar-refractivity contribution in [3.8, 4) is 0 Å². The van der Waals surface area contributed by atoms with Gasteiger partial charge in [-0.1, -0.05) is 0 Å². The molecule has 0 aliphatic carbocycles. The number of methoxy groups -OCH3 is 1. The van der Waals surface area contributed by atoms with Gasteiger partial charge in [-0.05, 0) is 0 Å². The van der Waals surface area contributed by atoms with Crippen LogP contribution in [0.25, 0.3) is 0 Å². The fraction of sp³-hybridized carbons (Fsp3) is 0.727. The van der Waals surface area contributed by atoms with Gasteiger partial charge in [0.1, 0.15) is 5.60 Å². The fourth-order valence-electron chi connectivity index (χ4n) is 2.02. The highest BCUT2D eigenvalue weighted by atomic mass is 16.5. The van der Waals surface area contributed by atoms with Crippen LogP contribution in [-0.2, 0) is 23.6 Å². The average molecular weight is 270 g/mol. The average Bonchev–Trinajstić information content (AvgIpc) is 2.88. The summed E-state index contributed by atoms with van der Waals surface area (Å²) in [5.74, 6) is 0.132. The molecule has 0 amide bonds. The Balaban J connectivity index is 2.21. The van der Waals surface area contributed by atoms with Crippen LogP contribution >= 0.6 is 0 Å². The monoisotopic (exact) mass is 270 g/mol. The molecular formula is C11H18N4O4. The molecule has 0 spiro atoms. The molecular weight excluding hydrogens is 252 g/mol. The topological polar surface area (TPSA) is 87.4 Å². The van der Waals surface area contributed by atoms with Crippen LogP contribution < -0.4 is 16.6 Å². The molecule has 1 atom stereocenters. The number of aromatic nitrogens is 3. The molecule has 8 nitrogen and oxygen atoms in total. The van der Waals surface area contributed by atoms with E-state index in [0.29, 0.717) is 19.8 Å². The maximum Gasteiger partial charge on any atom is 0.346 e. The normalized spacial score (nSPS) is 22.7. The third kappa shape index (κ3) is 2.54. The van der Waals surface area contributed by atoms with E-state index in [1.54, 1.807) is 7.11 Å². The van der Waals surface area contributed by atoms with Gasteiger partial charge >= 0.3 is 5.69 Å². The maximum absolute atomic E-state index is 11.9. The molecule has 2 heterocycles. The lowest BCUT2D eigenvalue weighted by Gasteiger charge is -2.25. The summed E-state index contributed by atoms with van der Waals surface area (Å²) in [4.78, 5) is 23.4. The van der Waals surface area contributed by atoms with Crippen LogP contribution in [0.4, 0.5) is 5.82 Å². The zero-order valence-corrected chi connectivity index (χ0v) is 11.3. The second kappa shape index (κ2) is 5.14. The summed E-state index contributed by atoms with van der Waals surface area (Å²) in [6.07, 6.45) is 0.753. The van der Waals surface area contributed by atoms with E-state index < -0.39 is 16.9 Å². The van der Waals surface area contributed by atoms with E-state index >= 15 is 0 Å². The highest BCUT2D eigenvalue weighted by molar-refractivity contribution is 5.30. The Labute approximate surface area is 109 Å². The van der Waals surface area contributed by atoms with Crippen molar-refractivity contribution < 1.29 is 9.47 Å². The minimum Gasteiger partial charge on any atom is -0.378 e. The molecule has 1 aliphatic rings. The molecule has 1 fully saturated rings. The number of nitrogens with zero attached hydrogens (tertiary/aromatic N) is 3. The maximum atomic E-state index is 11.9. The van der Waals surface area contributed by atoms with Gasteiger partial charge < -0.3 is 14.8 Å². The van der Waals surface area contributed by atoms with E-state index in [0.717, 1.165) is 15.7 Å². The summed E-state index contributed by atoms with van der Waals surface area (Å²) in [7, 11) is 4.53. The number of hydrogen-bond acceptors (Lipinski definition) is 6. The molecule has 0 saturated carbocycles. The second-order valence-electron chi connectivity index (χ2n) is 4.66. The van der Waals surface area contributed by atoms with E-state index in [1.807, 2.05) is 0 Å². The van der Waals surface area contributed by atoms with Crippen LogP contribution in [0, 0.1) is 0 Å². The SMILES string of the molecule is COC1(CNc2nn(C)c(=O)n(C)c2=O)CCOC1.